The molecule has 1 aliphatic heterocycles. The Balaban J connectivity index is 1.52. The Kier molecular flexibility index (Phi) is 6.39. The molecule has 0 unspecified atom stereocenters. The van der Waals surface area contributed by atoms with Crippen molar-refractivity contribution >= 4 is 60.7 Å². The van der Waals surface area contributed by atoms with Gasteiger partial charge >= 0.3 is 0 Å². The summed E-state index contributed by atoms with van der Waals surface area (Å²) in [6.07, 6.45) is 0. The highest BCUT2D eigenvalue weighted by atomic mass is 79.9. The van der Waals surface area contributed by atoms with E-state index in [1.54, 1.807) is 0 Å². The second kappa shape index (κ2) is 8.54. The summed E-state index contributed by atoms with van der Waals surface area (Å²) in [5, 5.41) is 3.74. The van der Waals surface area contributed by atoms with Crippen LogP contribution in [0.4, 0.5) is 11.4 Å². The Bertz CT molecular complexity index is 764. The molecule has 25 heavy (non-hydrogen) atoms. The summed E-state index contributed by atoms with van der Waals surface area (Å²) in [6, 6.07) is 13.7. The molecule has 7 heteroatoms. The molecule has 0 aromatic heterocycles. The number of hydrogen-bond acceptors (Lipinski definition) is 2. The smallest absolute Gasteiger partial charge is 0.279 e. The summed E-state index contributed by atoms with van der Waals surface area (Å²) in [5.74, 6) is 0.0324. The molecule has 1 fully saturated rings. The predicted molar refractivity (Wildman–Crippen MR) is 110 cm³/mol. The monoisotopic (exact) mass is 486 g/mol. The average Bonchev–Trinajstić information content (AvgIpc) is 2.59. The number of nitrogens with one attached hydrogen (secondary N) is 2. The Hall–Kier alpha value is -1.08. The maximum absolute atomic E-state index is 12.3. The van der Waals surface area contributed by atoms with Crippen molar-refractivity contribution in [3.63, 3.8) is 0 Å². The minimum Gasteiger partial charge on any atom is -0.360 e. The highest BCUT2D eigenvalue weighted by molar-refractivity contribution is 9.11. The highest BCUT2D eigenvalue weighted by Crippen LogP contribution is 2.26. The van der Waals surface area contributed by atoms with Crippen LogP contribution in [-0.4, -0.2) is 38.6 Å². The fraction of sp³-hybridized carbons (Fsp3) is 0.278. The number of amides is 1. The lowest BCUT2D eigenvalue weighted by Gasteiger charge is -2.33. The van der Waals surface area contributed by atoms with Crippen molar-refractivity contribution < 1.29 is 9.69 Å². The summed E-state index contributed by atoms with van der Waals surface area (Å²) < 4.78 is 1.82. The lowest BCUT2D eigenvalue weighted by atomic mass is 10.2. The first-order chi connectivity index (χ1) is 12.0. The zero-order valence-electron chi connectivity index (χ0n) is 13.6. The van der Waals surface area contributed by atoms with Crippen LogP contribution in [0.1, 0.15) is 0 Å². The van der Waals surface area contributed by atoms with Crippen LogP contribution < -0.4 is 15.1 Å². The van der Waals surface area contributed by atoms with Crippen LogP contribution in [0.2, 0.25) is 5.02 Å². The predicted octanol–water partition coefficient (Wildman–Crippen LogP) is 3.21. The summed E-state index contributed by atoms with van der Waals surface area (Å²) in [5.41, 5.74) is 1.94. The average molecular weight is 489 g/mol. The molecule has 2 N–H and O–H groups in total. The Morgan fingerprint density at radius 2 is 1.92 bits per heavy atom. The van der Waals surface area contributed by atoms with Crippen LogP contribution in [0.25, 0.3) is 0 Å². The zero-order chi connectivity index (χ0) is 17.8. The first-order valence-corrected chi connectivity index (χ1v) is 10.1. The van der Waals surface area contributed by atoms with Crippen molar-refractivity contribution in [3.05, 3.63) is 56.4 Å². The molecule has 0 spiro atoms. The van der Waals surface area contributed by atoms with Gasteiger partial charge in [-0.2, -0.15) is 0 Å². The summed E-state index contributed by atoms with van der Waals surface area (Å²) in [4.78, 5) is 16.0. The largest absolute Gasteiger partial charge is 0.360 e. The Morgan fingerprint density at radius 1 is 1.16 bits per heavy atom. The number of carbonyl (C=O) groups excluding carboxylic acids is 1. The van der Waals surface area contributed by atoms with Crippen molar-refractivity contribution in [1.82, 2.24) is 0 Å². The molecule has 0 atom stereocenters. The van der Waals surface area contributed by atoms with E-state index in [0.29, 0.717) is 6.54 Å². The molecule has 0 saturated carbocycles. The van der Waals surface area contributed by atoms with E-state index < -0.39 is 0 Å². The van der Waals surface area contributed by atoms with E-state index in [1.807, 2.05) is 36.4 Å². The SMILES string of the molecule is O=C(C[NH+]1CCN(c2cccc(Cl)c2)CC1)Nc1cc(Br)ccc1Br. The van der Waals surface area contributed by atoms with Gasteiger partial charge in [0.1, 0.15) is 0 Å². The molecule has 0 aliphatic carbocycles. The number of piperazine rings is 1. The molecule has 1 heterocycles. The number of quaternary nitrogens is 1. The number of nitrogens with zero attached hydrogens (tertiary/aromatic N) is 1. The van der Waals surface area contributed by atoms with Gasteiger partial charge < -0.3 is 15.1 Å². The first-order valence-electron chi connectivity index (χ1n) is 8.10. The van der Waals surface area contributed by atoms with Gasteiger partial charge in [-0.3, -0.25) is 4.79 Å². The molecule has 132 valence electrons. The van der Waals surface area contributed by atoms with Crippen molar-refractivity contribution in [1.29, 1.82) is 0 Å². The third-order valence-electron chi connectivity index (χ3n) is 4.26. The summed E-state index contributed by atoms with van der Waals surface area (Å²) in [6.45, 7) is 4.18. The molecular formula is C18H19Br2ClN3O+. The first kappa shape index (κ1) is 18.7. The van der Waals surface area contributed by atoms with Crippen LogP contribution in [0.5, 0.6) is 0 Å². The fourth-order valence-electron chi connectivity index (χ4n) is 2.95. The van der Waals surface area contributed by atoms with E-state index in [-0.39, 0.29) is 5.91 Å². The molecule has 0 radical (unpaired) electrons. The highest BCUT2D eigenvalue weighted by Gasteiger charge is 2.22. The number of halogens is 3. The number of anilines is 2. The van der Waals surface area contributed by atoms with Gasteiger partial charge in [0.2, 0.25) is 0 Å². The third kappa shape index (κ3) is 5.20. The lowest BCUT2D eigenvalue weighted by molar-refractivity contribution is -0.892. The normalized spacial score (nSPS) is 15.2. The van der Waals surface area contributed by atoms with Crippen LogP contribution >= 0.6 is 43.5 Å². The molecule has 2 aromatic carbocycles. The summed E-state index contributed by atoms with van der Waals surface area (Å²) >= 11 is 13.0. The fourth-order valence-corrected chi connectivity index (χ4v) is 3.84. The van der Waals surface area contributed by atoms with Gasteiger partial charge in [0.05, 0.1) is 31.9 Å². The quantitative estimate of drug-likeness (QED) is 0.694. The van der Waals surface area contributed by atoms with Crippen molar-refractivity contribution in [2.75, 3.05) is 42.9 Å². The van der Waals surface area contributed by atoms with Crippen molar-refractivity contribution in [3.8, 4) is 0 Å². The second-order valence-corrected chi connectivity index (χ2v) is 8.27. The van der Waals surface area contributed by atoms with Crippen molar-refractivity contribution in [2.24, 2.45) is 0 Å². The van der Waals surface area contributed by atoms with Crippen LogP contribution in [-0.2, 0) is 4.79 Å². The van der Waals surface area contributed by atoms with Gasteiger partial charge in [-0.05, 0) is 52.3 Å². The second-order valence-electron chi connectivity index (χ2n) is 6.07. The van der Waals surface area contributed by atoms with Crippen LogP contribution in [0, 0.1) is 0 Å². The van der Waals surface area contributed by atoms with E-state index >= 15 is 0 Å². The number of rotatable bonds is 4. The van der Waals surface area contributed by atoms with Gasteiger partial charge in [0.15, 0.2) is 6.54 Å². The molecule has 1 aliphatic rings. The molecule has 1 amide bonds. The van der Waals surface area contributed by atoms with Crippen LogP contribution in [0.3, 0.4) is 0 Å². The lowest BCUT2D eigenvalue weighted by Crippen LogP contribution is -3.15. The van der Waals surface area contributed by atoms with E-state index in [2.05, 4.69) is 48.1 Å². The number of hydrogen-bond donors (Lipinski definition) is 2. The molecule has 4 nitrogen and oxygen atoms in total. The minimum atomic E-state index is 0.0324. The summed E-state index contributed by atoms with van der Waals surface area (Å²) in [7, 11) is 0. The maximum atomic E-state index is 12.3. The van der Waals surface area contributed by atoms with Gasteiger partial charge in [-0.25, -0.2) is 0 Å². The van der Waals surface area contributed by atoms with Gasteiger partial charge in [-0.15, -0.1) is 0 Å². The molecule has 1 saturated heterocycles. The van der Waals surface area contributed by atoms with E-state index in [1.165, 1.54) is 4.90 Å². The topological polar surface area (TPSA) is 36.8 Å². The Labute approximate surface area is 169 Å². The minimum absolute atomic E-state index is 0.0324. The Morgan fingerprint density at radius 3 is 2.64 bits per heavy atom. The third-order valence-corrected chi connectivity index (χ3v) is 5.68. The molecule has 3 rings (SSSR count). The standard InChI is InChI=1S/C18H18Br2ClN3O/c19-13-4-5-16(20)17(10-13)22-18(25)12-23-6-8-24(9-7-23)15-3-1-2-14(21)11-15/h1-5,10-11H,6-9,12H2,(H,22,25)/p+1. The van der Waals surface area contributed by atoms with E-state index in [4.69, 9.17) is 11.6 Å². The molecule has 2 aromatic rings. The van der Waals surface area contributed by atoms with Gasteiger partial charge in [0, 0.05) is 19.7 Å². The van der Waals surface area contributed by atoms with Crippen molar-refractivity contribution in [2.45, 2.75) is 0 Å². The molecule has 0 bridgehead atoms. The zero-order valence-corrected chi connectivity index (χ0v) is 17.5. The van der Waals surface area contributed by atoms with Gasteiger partial charge in [-0.1, -0.05) is 33.6 Å². The van der Waals surface area contributed by atoms with E-state index in [9.17, 15) is 4.79 Å². The van der Waals surface area contributed by atoms with Crippen LogP contribution in [0.15, 0.2) is 51.4 Å². The van der Waals surface area contributed by atoms with E-state index in [0.717, 1.165) is 51.5 Å². The molecular weight excluding hydrogens is 469 g/mol. The number of benzene rings is 2. The van der Waals surface area contributed by atoms with Gasteiger partial charge in [0.25, 0.3) is 5.91 Å². The number of carbonyl (C=O) groups is 1. The maximum Gasteiger partial charge on any atom is 0.279 e.